The molecular weight excluding hydrogens is 1410 g/mol. The second kappa shape index (κ2) is 32.4. The van der Waals surface area contributed by atoms with E-state index in [-0.39, 0.29) is 79.5 Å². The van der Waals surface area contributed by atoms with Crippen LogP contribution in [-0.4, -0.2) is 197 Å². The van der Waals surface area contributed by atoms with E-state index in [0.717, 1.165) is 69.2 Å². The molecule has 0 amide bonds. The van der Waals surface area contributed by atoms with Crippen LogP contribution in [-0.2, 0) is 19.3 Å². The summed E-state index contributed by atoms with van der Waals surface area (Å²) in [6.45, 7) is 12.6. The lowest BCUT2D eigenvalue weighted by atomic mass is 9.86. The molecule has 0 aliphatic carbocycles. The number of halogens is 14. The van der Waals surface area contributed by atoms with Crippen molar-refractivity contribution in [3.8, 4) is 0 Å². The zero-order valence-electron chi connectivity index (χ0n) is 61.0. The summed E-state index contributed by atoms with van der Waals surface area (Å²) in [5.74, 6) is -10.5. The van der Waals surface area contributed by atoms with E-state index >= 15 is 26.3 Å². The molecule has 6 N–H and O–H groups in total. The highest BCUT2D eigenvalue weighted by Crippen LogP contribution is 2.49. The van der Waals surface area contributed by atoms with E-state index in [1.165, 1.54) is 53.1 Å². The number of nitrogens with zero attached hydrogens (tertiary/aromatic N) is 6. The van der Waals surface area contributed by atoms with Gasteiger partial charge in [-0.25, -0.2) is 48.3 Å². The summed E-state index contributed by atoms with van der Waals surface area (Å²) in [7, 11) is 0. The van der Waals surface area contributed by atoms with Crippen molar-refractivity contribution in [2.75, 3.05) is 115 Å². The first-order valence-corrected chi connectivity index (χ1v) is 37.2. The van der Waals surface area contributed by atoms with Crippen LogP contribution in [0.5, 0.6) is 0 Å². The number of alkyl halides is 8. The van der Waals surface area contributed by atoms with E-state index in [1.807, 2.05) is 98.5 Å². The van der Waals surface area contributed by atoms with Crippen LogP contribution >= 0.6 is 0 Å². The zero-order chi connectivity index (χ0) is 75.9. The third-order valence-corrected chi connectivity index (χ3v) is 21.7. The molecular formula is C81H94F14N12. The molecule has 0 spiro atoms. The Hall–Kier alpha value is -7.88. The second-order valence-electron chi connectivity index (χ2n) is 30.5. The van der Waals surface area contributed by atoms with Crippen molar-refractivity contribution < 1.29 is 61.5 Å². The number of aromatic nitrogens is 3. The molecule has 107 heavy (non-hydrogen) atoms. The summed E-state index contributed by atoms with van der Waals surface area (Å²) < 4.78 is 203. The van der Waals surface area contributed by atoms with E-state index in [9.17, 15) is 35.1 Å². The van der Waals surface area contributed by atoms with Gasteiger partial charge >= 0.3 is 0 Å². The number of benzene rings is 6. The minimum Gasteiger partial charge on any atom is -0.380 e. The Morgan fingerprint density at radius 1 is 0.411 bits per heavy atom. The van der Waals surface area contributed by atoms with Gasteiger partial charge in [0, 0.05) is 217 Å². The molecule has 6 aliphatic heterocycles. The van der Waals surface area contributed by atoms with Gasteiger partial charge in [0.15, 0.2) is 0 Å². The fraction of sp³-hybridized carbons (Fsp3) is 0.481. The first-order valence-electron chi connectivity index (χ1n) is 37.2. The van der Waals surface area contributed by atoms with Crippen LogP contribution in [0, 0.1) is 34.9 Å². The highest BCUT2D eigenvalue weighted by molar-refractivity contribution is 5.88. The topological polar surface area (TPSA) is 103 Å². The van der Waals surface area contributed by atoms with Crippen molar-refractivity contribution in [2.24, 2.45) is 0 Å². The van der Waals surface area contributed by atoms with Gasteiger partial charge in [-0.3, -0.25) is 42.6 Å². The molecule has 26 heteroatoms. The van der Waals surface area contributed by atoms with Crippen molar-refractivity contribution in [3.63, 3.8) is 0 Å². The molecule has 0 radical (unpaired) electrons. The number of rotatable bonds is 24. The lowest BCUT2D eigenvalue weighted by molar-refractivity contribution is -0.0374. The molecule has 3 aromatic heterocycles. The fourth-order valence-electron chi connectivity index (χ4n) is 17.1. The van der Waals surface area contributed by atoms with Gasteiger partial charge in [-0.05, 0) is 102 Å². The second-order valence-corrected chi connectivity index (χ2v) is 30.5. The van der Waals surface area contributed by atoms with Crippen LogP contribution in [0.25, 0.3) is 32.7 Å². The van der Waals surface area contributed by atoms with Gasteiger partial charge in [0.25, 0.3) is 11.8 Å². The Morgan fingerprint density at radius 3 is 0.935 bits per heavy atom. The van der Waals surface area contributed by atoms with Crippen molar-refractivity contribution in [2.45, 2.75) is 152 Å². The maximum Gasteiger partial charge on any atom is 0.257 e. The van der Waals surface area contributed by atoms with Gasteiger partial charge in [-0.1, -0.05) is 54.6 Å². The Bertz CT molecular complexity index is 4290. The number of nitrogens with one attached hydrogen (secondary N) is 6. The molecule has 12 nitrogen and oxygen atoms in total. The van der Waals surface area contributed by atoms with Crippen molar-refractivity contribution in [1.82, 2.24) is 44.4 Å². The predicted molar refractivity (Wildman–Crippen MR) is 394 cm³/mol. The van der Waals surface area contributed by atoms with Gasteiger partial charge in [0.2, 0.25) is 0 Å². The maximum atomic E-state index is 15.7. The summed E-state index contributed by atoms with van der Waals surface area (Å²) in [6.07, 6.45) is 1.88. The molecule has 0 saturated carbocycles. The van der Waals surface area contributed by atoms with Gasteiger partial charge in [-0.2, -0.15) is 0 Å². The molecule has 9 heterocycles. The molecule has 6 aliphatic rings. The predicted octanol–water partition coefficient (Wildman–Crippen LogP) is 17.4. The normalized spacial score (nSPS) is 21.8. The van der Waals surface area contributed by atoms with E-state index in [4.69, 9.17) is 0 Å². The largest absolute Gasteiger partial charge is 0.380 e. The Labute approximate surface area is 614 Å². The molecule has 6 aromatic carbocycles. The van der Waals surface area contributed by atoms with Gasteiger partial charge < -0.3 is 30.9 Å². The molecule has 3 saturated heterocycles. The van der Waals surface area contributed by atoms with Crippen molar-refractivity contribution in [3.05, 3.63) is 195 Å². The summed E-state index contributed by atoms with van der Waals surface area (Å²) in [6, 6.07) is 26.8. The van der Waals surface area contributed by atoms with Crippen LogP contribution < -0.4 is 16.0 Å². The van der Waals surface area contributed by atoms with Crippen molar-refractivity contribution in [1.29, 1.82) is 0 Å². The van der Waals surface area contributed by atoms with E-state index < -0.39 is 84.1 Å². The lowest BCUT2D eigenvalue weighted by Gasteiger charge is -2.42. The number of hydrogen-bond donors (Lipinski definition) is 6. The summed E-state index contributed by atoms with van der Waals surface area (Å²) >= 11 is 0. The average molecular weight is 1500 g/mol. The van der Waals surface area contributed by atoms with Crippen LogP contribution in [0.2, 0.25) is 0 Å². The van der Waals surface area contributed by atoms with E-state index in [0.29, 0.717) is 126 Å². The van der Waals surface area contributed by atoms with E-state index in [2.05, 4.69) is 45.6 Å². The number of fused-ring (bicyclic) bond motifs is 9. The van der Waals surface area contributed by atoms with Gasteiger partial charge in [0.05, 0.1) is 69.4 Å². The Morgan fingerprint density at radius 2 is 0.673 bits per heavy atom. The number of anilines is 3. The van der Waals surface area contributed by atoms with Crippen molar-refractivity contribution >= 4 is 49.8 Å². The first-order chi connectivity index (χ1) is 51.1. The first kappa shape index (κ1) is 77.3. The third-order valence-electron chi connectivity index (χ3n) is 21.7. The summed E-state index contributed by atoms with van der Waals surface area (Å²) in [5.41, 5.74) is 7.71. The standard InChI is InChI=1S/2C27H31F5N4.C27H32F4N4/c2*1-16-10-23-24(19-6-3-4-7-22(19)34-23)26(36(16)15-27(2,31)32)25-20(29)11-17(12-21(25)30)33-18-13-35(14-18)9-5-8-28;1-16(29)13-35-17(2)10-24-25(20-6-3-4-7-23(20)33-24)27(35)26-21(30)11-18(12-22(26)31)32-19-14-34(15-19)9-5-8-28/h2*3-4,6-7,11-12,16,18,26,33-34H,5,8-10,13-15H2,1-2H3;3-4,6-7,11-12,16-17,19,27,32-33H,5,8-10,13-15H2,1-2H3/t2*16-,26+;16?,17-,27+/m101/s1. The van der Waals surface area contributed by atoms with E-state index in [1.54, 1.807) is 0 Å². The highest BCUT2D eigenvalue weighted by atomic mass is 19.3. The highest BCUT2D eigenvalue weighted by Gasteiger charge is 2.46. The van der Waals surface area contributed by atoms with Crippen LogP contribution in [0.1, 0.15) is 129 Å². The SMILES string of the molecule is CC(F)CN1[C@H](c2c(F)cc(NC3CN(CCCF)C3)cc2F)c2c([nH]c3ccccc23)C[C@H]1C.C[C@@H]1Cc2[nH]c3ccccc3c2[C@@H](c2c(F)cc(NC3CN(CCCF)C3)cc2F)N1CC(C)(F)F.C[C@H]1Cc2[nH]c3ccccc3c2[C@H](c2c(F)cc(NC3CN(CCCF)C3)cc2F)N1CC(C)(F)F. The van der Waals surface area contributed by atoms with Gasteiger partial charge in [-0.15, -0.1) is 0 Å². The molecule has 1 unspecified atom stereocenters. The molecule has 576 valence electrons. The molecule has 3 fully saturated rings. The fourth-order valence-corrected chi connectivity index (χ4v) is 17.1. The van der Waals surface area contributed by atoms with Gasteiger partial charge in [0.1, 0.15) is 41.1 Å². The monoisotopic (exact) mass is 1500 g/mol. The van der Waals surface area contributed by atoms with Crippen LogP contribution in [0.15, 0.2) is 109 Å². The van der Waals surface area contributed by atoms with Crippen LogP contribution in [0.4, 0.5) is 78.5 Å². The number of H-pyrrole nitrogens is 3. The number of aromatic amines is 3. The van der Waals surface area contributed by atoms with Crippen LogP contribution in [0.3, 0.4) is 0 Å². The number of likely N-dealkylation sites (tertiary alicyclic amines) is 3. The maximum absolute atomic E-state index is 15.7. The summed E-state index contributed by atoms with van der Waals surface area (Å²) in [5, 5.41) is 11.9. The lowest BCUT2D eigenvalue weighted by Crippen LogP contribution is -2.54. The molecule has 15 rings (SSSR count). The Kier molecular flexibility index (Phi) is 23.4. The Balaban J connectivity index is 0.000000142. The minimum absolute atomic E-state index is 0.0134. The third kappa shape index (κ3) is 17.0. The number of hydrogen-bond acceptors (Lipinski definition) is 9. The quantitative estimate of drug-likeness (QED) is 0.0330. The smallest absolute Gasteiger partial charge is 0.257 e. The number of para-hydroxylation sites is 3. The molecule has 0 bridgehead atoms. The minimum atomic E-state index is -3.04. The summed E-state index contributed by atoms with van der Waals surface area (Å²) in [4.78, 5) is 21.3. The zero-order valence-corrected chi connectivity index (χ0v) is 61.0. The molecule has 9 aromatic rings. The average Bonchev–Trinajstić information content (AvgIpc) is 1.66. The molecule has 7 atom stereocenters.